The van der Waals surface area contributed by atoms with Crippen molar-refractivity contribution in [3.05, 3.63) is 11.7 Å². The van der Waals surface area contributed by atoms with Crippen LogP contribution in [-0.2, 0) is 11.3 Å². The van der Waals surface area contributed by atoms with Gasteiger partial charge in [-0.3, -0.25) is 4.99 Å². The van der Waals surface area contributed by atoms with Gasteiger partial charge in [0.25, 0.3) is 0 Å². The number of likely N-dealkylation sites (tertiary alicyclic amines) is 1. The third kappa shape index (κ3) is 6.57. The number of hydrogen-bond acceptors (Lipinski definition) is 6. The maximum atomic E-state index is 5.48. The maximum Gasteiger partial charge on any atom is 0.246 e. The summed E-state index contributed by atoms with van der Waals surface area (Å²) in [6.07, 6.45) is 4.67. The second-order valence-corrected chi connectivity index (χ2v) is 6.68. The molecule has 0 aliphatic carbocycles. The van der Waals surface area contributed by atoms with Crippen molar-refractivity contribution in [1.82, 2.24) is 25.7 Å². The molecule has 0 amide bonds. The van der Waals surface area contributed by atoms with Gasteiger partial charge in [-0.1, -0.05) is 18.5 Å². The van der Waals surface area contributed by atoms with Crippen molar-refractivity contribution in [2.45, 2.75) is 65.1 Å². The lowest BCUT2D eigenvalue weighted by atomic mass is 10.0. The Bertz CT molecular complexity index is 540. The number of ether oxygens (including phenoxy) is 1. The van der Waals surface area contributed by atoms with E-state index < -0.39 is 0 Å². The predicted molar refractivity (Wildman–Crippen MR) is 102 cm³/mol. The molecule has 0 aromatic carbocycles. The topological polar surface area (TPSA) is 87.8 Å². The van der Waals surface area contributed by atoms with Gasteiger partial charge in [-0.2, -0.15) is 4.98 Å². The van der Waals surface area contributed by atoms with E-state index >= 15 is 0 Å². The lowest BCUT2D eigenvalue weighted by Crippen LogP contribution is -2.48. The zero-order valence-electron chi connectivity index (χ0n) is 16.6. The second kappa shape index (κ2) is 11.1. The number of aromatic nitrogens is 2. The number of rotatable bonds is 9. The molecule has 0 saturated carbocycles. The number of piperidine rings is 1. The Hall–Kier alpha value is -1.67. The highest BCUT2D eigenvalue weighted by Gasteiger charge is 2.20. The summed E-state index contributed by atoms with van der Waals surface area (Å²) in [6, 6.07) is 0.454. The van der Waals surface area contributed by atoms with Crippen LogP contribution in [0.1, 0.15) is 64.3 Å². The molecule has 2 heterocycles. The summed E-state index contributed by atoms with van der Waals surface area (Å²) in [5.74, 6) is 1.88. The van der Waals surface area contributed by atoms with E-state index in [1.165, 1.54) is 19.4 Å². The van der Waals surface area contributed by atoms with Crippen LogP contribution in [0.2, 0.25) is 0 Å². The number of hydrogen-bond donors (Lipinski definition) is 2. The van der Waals surface area contributed by atoms with E-state index in [1.807, 2.05) is 13.8 Å². The lowest BCUT2D eigenvalue weighted by molar-refractivity contribution is 0.0683. The molecule has 0 radical (unpaired) electrons. The van der Waals surface area contributed by atoms with Gasteiger partial charge in [0, 0.05) is 32.8 Å². The maximum absolute atomic E-state index is 5.48. The normalized spacial score (nSPS) is 18.1. The van der Waals surface area contributed by atoms with Crippen molar-refractivity contribution < 1.29 is 9.26 Å². The molecule has 1 aliphatic heterocycles. The van der Waals surface area contributed by atoms with Crippen molar-refractivity contribution in [2.75, 3.05) is 33.3 Å². The predicted octanol–water partition coefficient (Wildman–Crippen LogP) is 2.10. The monoisotopic (exact) mass is 366 g/mol. The van der Waals surface area contributed by atoms with Gasteiger partial charge in [-0.25, -0.2) is 0 Å². The first-order valence-corrected chi connectivity index (χ1v) is 9.79. The SMILES string of the molecule is CCCCN1CCC(NC(=NC)NCc2nc(C(C)OCC)no2)CC1. The molecule has 1 saturated heterocycles. The fourth-order valence-corrected chi connectivity index (χ4v) is 3.06. The van der Waals surface area contributed by atoms with Crippen LogP contribution < -0.4 is 10.6 Å². The summed E-state index contributed by atoms with van der Waals surface area (Å²) in [5, 5.41) is 10.7. The third-order valence-electron chi connectivity index (χ3n) is 4.65. The first kappa shape index (κ1) is 20.6. The van der Waals surface area contributed by atoms with Crippen LogP contribution in [0.3, 0.4) is 0 Å². The molecule has 148 valence electrons. The average molecular weight is 367 g/mol. The molecule has 1 aromatic rings. The van der Waals surface area contributed by atoms with Crippen LogP contribution in [0.4, 0.5) is 0 Å². The minimum atomic E-state index is -0.159. The second-order valence-electron chi connectivity index (χ2n) is 6.68. The van der Waals surface area contributed by atoms with Crippen molar-refractivity contribution in [3.63, 3.8) is 0 Å². The third-order valence-corrected chi connectivity index (χ3v) is 4.65. The van der Waals surface area contributed by atoms with E-state index in [4.69, 9.17) is 9.26 Å². The summed E-state index contributed by atoms with van der Waals surface area (Å²) >= 11 is 0. The Balaban J connectivity index is 1.73. The van der Waals surface area contributed by atoms with Crippen LogP contribution >= 0.6 is 0 Å². The van der Waals surface area contributed by atoms with E-state index in [9.17, 15) is 0 Å². The molecule has 0 spiro atoms. The Morgan fingerprint density at radius 1 is 1.38 bits per heavy atom. The zero-order valence-corrected chi connectivity index (χ0v) is 16.6. The molecule has 0 bridgehead atoms. The number of guanidine groups is 1. The highest BCUT2D eigenvalue weighted by Crippen LogP contribution is 2.13. The van der Waals surface area contributed by atoms with E-state index in [-0.39, 0.29) is 6.10 Å². The average Bonchev–Trinajstić information content (AvgIpc) is 3.14. The highest BCUT2D eigenvalue weighted by atomic mass is 16.5. The molecule has 2 N–H and O–H groups in total. The first-order chi connectivity index (χ1) is 12.7. The summed E-state index contributed by atoms with van der Waals surface area (Å²) in [7, 11) is 1.78. The Morgan fingerprint density at radius 2 is 2.15 bits per heavy atom. The zero-order chi connectivity index (χ0) is 18.8. The van der Waals surface area contributed by atoms with Gasteiger partial charge in [-0.05, 0) is 39.7 Å². The smallest absolute Gasteiger partial charge is 0.246 e. The molecule has 1 atom stereocenters. The summed E-state index contributed by atoms with van der Waals surface area (Å²) in [4.78, 5) is 11.2. The molecule has 1 fully saturated rings. The quantitative estimate of drug-likeness (QED) is 0.511. The Labute approximate surface area is 156 Å². The molecule has 1 aliphatic rings. The minimum absolute atomic E-state index is 0.159. The van der Waals surface area contributed by atoms with Gasteiger partial charge < -0.3 is 24.8 Å². The molecule has 2 rings (SSSR count). The van der Waals surface area contributed by atoms with Crippen LogP contribution in [0.5, 0.6) is 0 Å². The summed E-state index contributed by atoms with van der Waals surface area (Å²) < 4.78 is 10.8. The van der Waals surface area contributed by atoms with Crippen molar-refractivity contribution in [2.24, 2.45) is 4.99 Å². The molecular formula is C18H34N6O2. The van der Waals surface area contributed by atoms with Crippen LogP contribution in [-0.4, -0.2) is 60.3 Å². The van der Waals surface area contributed by atoms with Gasteiger partial charge in [0.05, 0.1) is 6.54 Å². The lowest BCUT2D eigenvalue weighted by Gasteiger charge is -2.32. The standard InChI is InChI=1S/C18H34N6O2/c1-5-7-10-24-11-8-15(9-12-24)21-18(19-4)20-13-16-22-17(23-26-16)14(3)25-6-2/h14-15H,5-13H2,1-4H3,(H2,19,20,21). The Morgan fingerprint density at radius 3 is 2.81 bits per heavy atom. The fourth-order valence-electron chi connectivity index (χ4n) is 3.06. The van der Waals surface area contributed by atoms with Gasteiger partial charge in [0.1, 0.15) is 6.10 Å². The summed E-state index contributed by atoms with van der Waals surface area (Å²) in [5.41, 5.74) is 0. The summed E-state index contributed by atoms with van der Waals surface area (Å²) in [6.45, 7) is 10.7. The van der Waals surface area contributed by atoms with E-state index in [2.05, 4.69) is 37.6 Å². The van der Waals surface area contributed by atoms with E-state index in [0.29, 0.717) is 30.9 Å². The molecule has 26 heavy (non-hydrogen) atoms. The van der Waals surface area contributed by atoms with Gasteiger partial charge >= 0.3 is 0 Å². The number of aliphatic imine (C=N–C) groups is 1. The molecular weight excluding hydrogens is 332 g/mol. The van der Waals surface area contributed by atoms with Crippen molar-refractivity contribution in [1.29, 1.82) is 0 Å². The number of nitrogens with zero attached hydrogens (tertiary/aromatic N) is 4. The van der Waals surface area contributed by atoms with Crippen molar-refractivity contribution in [3.8, 4) is 0 Å². The van der Waals surface area contributed by atoms with Gasteiger partial charge in [0.15, 0.2) is 11.8 Å². The highest BCUT2D eigenvalue weighted by molar-refractivity contribution is 5.79. The Kier molecular flexibility index (Phi) is 8.84. The molecule has 8 nitrogen and oxygen atoms in total. The van der Waals surface area contributed by atoms with Gasteiger partial charge in [0.2, 0.25) is 5.89 Å². The first-order valence-electron chi connectivity index (χ1n) is 9.79. The van der Waals surface area contributed by atoms with Crippen LogP contribution in [0, 0.1) is 0 Å². The number of nitrogens with one attached hydrogen (secondary N) is 2. The van der Waals surface area contributed by atoms with E-state index in [0.717, 1.165) is 31.9 Å². The molecule has 8 heteroatoms. The number of unbranched alkanes of at least 4 members (excludes halogenated alkanes) is 1. The van der Waals surface area contributed by atoms with Gasteiger partial charge in [-0.15, -0.1) is 0 Å². The van der Waals surface area contributed by atoms with Crippen LogP contribution in [0.15, 0.2) is 9.52 Å². The minimum Gasteiger partial charge on any atom is -0.371 e. The molecule has 1 aromatic heterocycles. The molecule has 1 unspecified atom stereocenters. The largest absolute Gasteiger partial charge is 0.371 e. The van der Waals surface area contributed by atoms with Crippen LogP contribution in [0.25, 0.3) is 0 Å². The van der Waals surface area contributed by atoms with E-state index in [1.54, 1.807) is 7.05 Å². The fraction of sp³-hybridized carbons (Fsp3) is 0.833. The van der Waals surface area contributed by atoms with Crippen molar-refractivity contribution >= 4 is 5.96 Å².